The average Bonchev–Trinajstić information content (AvgIpc) is 2.14. The molecule has 0 saturated carbocycles. The molecule has 0 nitrogen and oxygen atoms in total. The van der Waals surface area contributed by atoms with E-state index in [0.717, 1.165) is 0 Å². The first-order chi connectivity index (χ1) is 3.84. The molecule has 0 fully saturated rings. The Bertz CT molecular complexity index is 142. The number of hydrogen-bond donors (Lipinski definition) is 0. The Morgan fingerprint density at radius 3 is 2.75 bits per heavy atom. The molecular formula is C7H9Ir. The molecule has 0 bridgehead atoms. The monoisotopic (exact) mass is 286 g/mol. The fourth-order valence-corrected chi connectivity index (χ4v) is 1.72. The van der Waals surface area contributed by atoms with Crippen molar-refractivity contribution in [2.75, 3.05) is 0 Å². The average molecular weight is 285 g/mol. The maximum atomic E-state index is 2.23. The third-order valence-corrected chi connectivity index (χ3v) is 2.58. The molecule has 0 saturated heterocycles. The van der Waals surface area contributed by atoms with Crippen LogP contribution in [-0.2, 0) is 18.9 Å². The fourth-order valence-electron chi connectivity index (χ4n) is 0.819. The summed E-state index contributed by atoms with van der Waals surface area (Å²) in [6, 6.07) is 0. The van der Waals surface area contributed by atoms with Crippen LogP contribution in [0, 0.1) is 0 Å². The molecule has 0 amide bonds. The van der Waals surface area contributed by atoms with Gasteiger partial charge in [0.25, 0.3) is 0 Å². The van der Waals surface area contributed by atoms with Gasteiger partial charge in [-0.25, -0.2) is 0 Å². The molecule has 1 heteroatoms. The summed E-state index contributed by atoms with van der Waals surface area (Å²) in [6.45, 7) is 2.20. The predicted octanol–water partition coefficient (Wildman–Crippen LogP) is 2.16. The van der Waals surface area contributed by atoms with Crippen molar-refractivity contribution in [3.8, 4) is 0 Å². The van der Waals surface area contributed by atoms with Crippen LogP contribution in [0.2, 0.25) is 0 Å². The molecule has 8 heavy (non-hydrogen) atoms. The van der Waals surface area contributed by atoms with E-state index < -0.39 is 0 Å². The Balaban J connectivity index is 2.70. The van der Waals surface area contributed by atoms with Gasteiger partial charge >= 0.3 is 60.5 Å². The van der Waals surface area contributed by atoms with Crippen molar-refractivity contribution in [2.45, 2.75) is 19.8 Å². The Morgan fingerprint density at radius 1 is 1.75 bits per heavy atom. The van der Waals surface area contributed by atoms with Crippen molar-refractivity contribution in [3.05, 3.63) is 21.8 Å². The van der Waals surface area contributed by atoms with Crippen LogP contribution in [0.15, 0.2) is 21.8 Å². The SMILES string of the molecule is CCC1=[C]([Ir])CC=C1. The van der Waals surface area contributed by atoms with E-state index in [-0.39, 0.29) is 0 Å². The number of allylic oxidation sites excluding steroid dienone is 4. The molecule has 0 radical (unpaired) electrons. The second kappa shape index (κ2) is 2.61. The van der Waals surface area contributed by atoms with Crippen LogP contribution in [0.4, 0.5) is 0 Å². The van der Waals surface area contributed by atoms with Crippen LogP contribution in [0.5, 0.6) is 0 Å². The third-order valence-electron chi connectivity index (χ3n) is 1.32. The molecule has 0 N–H and O–H groups in total. The van der Waals surface area contributed by atoms with Crippen LogP contribution >= 0.6 is 0 Å². The van der Waals surface area contributed by atoms with Gasteiger partial charge in [0.05, 0.1) is 0 Å². The van der Waals surface area contributed by atoms with E-state index in [9.17, 15) is 0 Å². The van der Waals surface area contributed by atoms with Crippen LogP contribution < -0.4 is 0 Å². The maximum absolute atomic E-state index is 2.23. The summed E-state index contributed by atoms with van der Waals surface area (Å²) < 4.78 is 1.55. The Kier molecular flexibility index (Phi) is 2.04. The molecule has 0 atom stereocenters. The van der Waals surface area contributed by atoms with Crippen LogP contribution in [0.25, 0.3) is 0 Å². The van der Waals surface area contributed by atoms with Crippen molar-refractivity contribution in [1.29, 1.82) is 0 Å². The van der Waals surface area contributed by atoms with Gasteiger partial charge in [-0.2, -0.15) is 0 Å². The van der Waals surface area contributed by atoms with Crippen molar-refractivity contribution in [1.82, 2.24) is 0 Å². The van der Waals surface area contributed by atoms with Gasteiger partial charge in [0.1, 0.15) is 0 Å². The zero-order valence-corrected chi connectivity index (χ0v) is 7.30. The predicted molar refractivity (Wildman–Crippen MR) is 31.1 cm³/mol. The number of rotatable bonds is 1. The second-order valence-corrected chi connectivity index (χ2v) is 3.31. The van der Waals surface area contributed by atoms with E-state index in [0.29, 0.717) is 0 Å². The van der Waals surface area contributed by atoms with Gasteiger partial charge in [-0.05, 0) is 0 Å². The van der Waals surface area contributed by atoms with Gasteiger partial charge in [-0.3, -0.25) is 0 Å². The van der Waals surface area contributed by atoms with Gasteiger partial charge in [0.15, 0.2) is 0 Å². The minimum atomic E-state index is 1.18. The van der Waals surface area contributed by atoms with Crippen molar-refractivity contribution >= 4 is 0 Å². The van der Waals surface area contributed by atoms with E-state index in [1.54, 1.807) is 4.09 Å². The zero-order valence-electron chi connectivity index (χ0n) is 4.90. The minimum absolute atomic E-state index is 1.18. The summed E-state index contributed by atoms with van der Waals surface area (Å²) in [5.74, 6) is 0. The Labute approximate surface area is 60.8 Å². The Morgan fingerprint density at radius 2 is 2.50 bits per heavy atom. The Hall–Kier alpha value is 0.129. The van der Waals surface area contributed by atoms with E-state index >= 15 is 0 Å². The molecular weight excluding hydrogens is 276 g/mol. The second-order valence-electron chi connectivity index (χ2n) is 1.86. The molecule has 0 aromatic carbocycles. The van der Waals surface area contributed by atoms with E-state index in [1.807, 2.05) is 0 Å². The molecule has 46 valence electrons. The summed E-state index contributed by atoms with van der Waals surface area (Å²) in [6.07, 6.45) is 6.84. The van der Waals surface area contributed by atoms with Crippen molar-refractivity contribution in [3.63, 3.8) is 0 Å². The normalized spacial score (nSPS) is 18.4. The summed E-state index contributed by atoms with van der Waals surface area (Å²) in [7, 11) is 0. The van der Waals surface area contributed by atoms with Gasteiger partial charge in [-0.15, -0.1) is 0 Å². The summed E-state index contributed by atoms with van der Waals surface area (Å²) in [5, 5.41) is 0. The van der Waals surface area contributed by atoms with Crippen LogP contribution in [-0.4, -0.2) is 0 Å². The molecule has 0 heterocycles. The van der Waals surface area contributed by atoms with Crippen LogP contribution in [0.3, 0.4) is 0 Å². The van der Waals surface area contributed by atoms with Gasteiger partial charge in [-0.1, -0.05) is 0 Å². The van der Waals surface area contributed by atoms with E-state index in [4.69, 9.17) is 0 Å². The molecule has 0 aliphatic heterocycles. The van der Waals surface area contributed by atoms with Crippen molar-refractivity contribution < 1.29 is 18.9 Å². The first-order valence-corrected chi connectivity index (χ1v) is 4.06. The molecule has 0 aromatic heterocycles. The topological polar surface area (TPSA) is 0 Å². The van der Waals surface area contributed by atoms with E-state index in [2.05, 4.69) is 38.0 Å². The molecule has 1 aliphatic rings. The number of hydrogen-bond acceptors (Lipinski definition) is 0. The molecule has 1 aliphatic carbocycles. The molecule has 0 aromatic rings. The first-order valence-electron chi connectivity index (χ1n) is 2.86. The molecule has 0 spiro atoms. The summed E-state index contributed by atoms with van der Waals surface area (Å²) in [5.41, 5.74) is 1.53. The van der Waals surface area contributed by atoms with Crippen molar-refractivity contribution in [2.24, 2.45) is 0 Å². The zero-order chi connectivity index (χ0) is 5.98. The van der Waals surface area contributed by atoms with Gasteiger partial charge in [0, 0.05) is 0 Å². The van der Waals surface area contributed by atoms with Crippen LogP contribution in [0.1, 0.15) is 19.8 Å². The third kappa shape index (κ3) is 1.10. The molecule has 1 rings (SSSR count). The standard InChI is InChI=1S/C7H9.Ir/c1-2-7-5-3-4-6-7;/h3,5H,2,4H2,1H3;. The van der Waals surface area contributed by atoms with Gasteiger partial charge < -0.3 is 0 Å². The summed E-state index contributed by atoms with van der Waals surface area (Å²) in [4.78, 5) is 0. The quantitative estimate of drug-likeness (QED) is 0.692. The van der Waals surface area contributed by atoms with E-state index in [1.165, 1.54) is 18.4 Å². The van der Waals surface area contributed by atoms with Gasteiger partial charge in [0.2, 0.25) is 0 Å². The molecule has 0 unspecified atom stereocenters. The first kappa shape index (κ1) is 6.25. The summed E-state index contributed by atoms with van der Waals surface area (Å²) >= 11 is 2.21. The fraction of sp³-hybridized carbons (Fsp3) is 0.429.